The number of likely N-dealkylation sites (tertiary alicyclic amines) is 1. The van der Waals surface area contributed by atoms with Crippen LogP contribution in [0.4, 0.5) is 0 Å². The summed E-state index contributed by atoms with van der Waals surface area (Å²) in [5, 5.41) is 0. The Morgan fingerprint density at radius 3 is 2.48 bits per heavy atom. The van der Waals surface area contributed by atoms with Gasteiger partial charge in [-0.15, -0.1) is 0 Å². The first-order chi connectivity index (χ1) is 11.0. The van der Waals surface area contributed by atoms with E-state index >= 15 is 0 Å². The Hall–Kier alpha value is -1.31. The second kappa shape index (κ2) is 7.99. The van der Waals surface area contributed by atoms with Crippen LogP contribution in [0, 0.1) is 0 Å². The molecule has 1 N–H and O–H groups in total. The van der Waals surface area contributed by atoms with E-state index in [9.17, 15) is 8.42 Å². The Bertz CT molecular complexity index is 613. The molecule has 130 valence electrons. The number of methoxy groups -OCH3 is 2. The van der Waals surface area contributed by atoms with Gasteiger partial charge in [0.05, 0.1) is 14.2 Å². The largest absolute Gasteiger partial charge is 0.497 e. The molecule has 1 saturated heterocycles. The van der Waals surface area contributed by atoms with E-state index in [1.54, 1.807) is 12.1 Å². The summed E-state index contributed by atoms with van der Waals surface area (Å²) in [4.78, 5) is 2.46. The van der Waals surface area contributed by atoms with Gasteiger partial charge in [-0.3, -0.25) is 4.90 Å². The number of piperidine rings is 1. The van der Waals surface area contributed by atoms with E-state index in [1.165, 1.54) is 39.5 Å². The van der Waals surface area contributed by atoms with Gasteiger partial charge in [0, 0.05) is 18.7 Å². The zero-order valence-corrected chi connectivity index (χ0v) is 14.9. The maximum atomic E-state index is 12.5. The number of ether oxygens (including phenoxy) is 2. The van der Waals surface area contributed by atoms with Crippen molar-refractivity contribution < 1.29 is 17.9 Å². The Kier molecular flexibility index (Phi) is 6.26. The van der Waals surface area contributed by atoms with E-state index in [2.05, 4.69) is 16.5 Å². The molecule has 0 bridgehead atoms. The maximum absolute atomic E-state index is 12.5. The standard InChI is InChI=1S/C16H26N2O4S/c1-13(18-9-5-4-6-10-18)12-17-23(19,20)16-8-7-14(21-2)11-15(16)22-3/h7-8,11,13,17H,4-6,9-10,12H2,1-3H3. The van der Waals surface area contributed by atoms with Gasteiger partial charge in [0.15, 0.2) is 0 Å². The summed E-state index contributed by atoms with van der Waals surface area (Å²) in [5.74, 6) is 0.838. The third kappa shape index (κ3) is 4.59. The van der Waals surface area contributed by atoms with Crippen LogP contribution in [0.15, 0.2) is 23.1 Å². The smallest absolute Gasteiger partial charge is 0.244 e. The molecule has 0 aliphatic carbocycles. The zero-order valence-electron chi connectivity index (χ0n) is 14.0. The van der Waals surface area contributed by atoms with Gasteiger partial charge in [-0.2, -0.15) is 0 Å². The minimum absolute atomic E-state index is 0.131. The average Bonchev–Trinajstić information content (AvgIpc) is 2.59. The summed E-state index contributed by atoms with van der Waals surface area (Å²) < 4.78 is 38.1. The minimum Gasteiger partial charge on any atom is -0.497 e. The molecule has 1 heterocycles. The van der Waals surface area contributed by atoms with Crippen LogP contribution < -0.4 is 14.2 Å². The van der Waals surface area contributed by atoms with Crippen molar-refractivity contribution in [1.82, 2.24) is 9.62 Å². The molecule has 23 heavy (non-hydrogen) atoms. The van der Waals surface area contributed by atoms with Gasteiger partial charge >= 0.3 is 0 Å². The number of hydrogen-bond acceptors (Lipinski definition) is 5. The van der Waals surface area contributed by atoms with Crippen LogP contribution in [-0.2, 0) is 10.0 Å². The fourth-order valence-electron chi connectivity index (χ4n) is 2.79. The molecule has 7 heteroatoms. The first kappa shape index (κ1) is 18.0. The van der Waals surface area contributed by atoms with E-state index in [4.69, 9.17) is 9.47 Å². The summed E-state index contributed by atoms with van der Waals surface area (Å²) >= 11 is 0. The van der Waals surface area contributed by atoms with E-state index < -0.39 is 10.0 Å². The quantitative estimate of drug-likeness (QED) is 0.819. The topological polar surface area (TPSA) is 67.9 Å². The molecule has 1 aromatic rings. The molecular formula is C16H26N2O4S. The lowest BCUT2D eigenvalue weighted by atomic mass is 10.1. The maximum Gasteiger partial charge on any atom is 0.244 e. The molecule has 2 rings (SSSR count). The molecule has 0 saturated carbocycles. The van der Waals surface area contributed by atoms with Crippen LogP contribution in [0.5, 0.6) is 11.5 Å². The normalized spacial score (nSPS) is 17.7. The van der Waals surface area contributed by atoms with Gasteiger partial charge in [-0.05, 0) is 45.0 Å². The van der Waals surface area contributed by atoms with Gasteiger partial charge in [0.25, 0.3) is 0 Å². The molecule has 1 unspecified atom stereocenters. The fourth-order valence-corrected chi connectivity index (χ4v) is 4.06. The van der Waals surface area contributed by atoms with E-state index in [0.29, 0.717) is 12.3 Å². The summed E-state index contributed by atoms with van der Waals surface area (Å²) in [6.45, 7) is 4.51. The lowest BCUT2D eigenvalue weighted by Crippen LogP contribution is -2.44. The van der Waals surface area contributed by atoms with Crippen LogP contribution in [0.2, 0.25) is 0 Å². The van der Waals surface area contributed by atoms with Crippen LogP contribution in [-0.4, -0.2) is 53.2 Å². The van der Waals surface area contributed by atoms with Crippen molar-refractivity contribution in [3.05, 3.63) is 18.2 Å². The highest BCUT2D eigenvalue weighted by atomic mass is 32.2. The van der Waals surface area contributed by atoms with Crippen molar-refractivity contribution >= 4 is 10.0 Å². The summed E-state index contributed by atoms with van der Waals surface area (Å²) in [7, 11) is -0.641. The van der Waals surface area contributed by atoms with Crippen LogP contribution in [0.3, 0.4) is 0 Å². The van der Waals surface area contributed by atoms with Crippen molar-refractivity contribution in [3.63, 3.8) is 0 Å². The lowest BCUT2D eigenvalue weighted by molar-refractivity contribution is 0.175. The van der Waals surface area contributed by atoms with Crippen molar-refractivity contribution in [3.8, 4) is 11.5 Å². The van der Waals surface area contributed by atoms with Crippen molar-refractivity contribution in [2.45, 2.75) is 37.1 Å². The Labute approximate surface area is 138 Å². The van der Waals surface area contributed by atoms with E-state index in [1.807, 2.05) is 0 Å². The molecule has 0 radical (unpaired) electrons. The summed E-state index contributed by atoms with van der Waals surface area (Å²) in [5.41, 5.74) is 0. The monoisotopic (exact) mass is 342 g/mol. The molecule has 0 amide bonds. The lowest BCUT2D eigenvalue weighted by Gasteiger charge is -2.32. The average molecular weight is 342 g/mol. The molecule has 1 aliphatic rings. The van der Waals surface area contributed by atoms with Gasteiger partial charge < -0.3 is 9.47 Å². The van der Waals surface area contributed by atoms with Gasteiger partial charge in [0.1, 0.15) is 16.4 Å². The third-order valence-electron chi connectivity index (χ3n) is 4.24. The Morgan fingerprint density at radius 2 is 1.87 bits per heavy atom. The number of nitrogens with zero attached hydrogens (tertiary/aromatic N) is 1. The first-order valence-corrected chi connectivity index (χ1v) is 9.42. The van der Waals surface area contributed by atoms with Crippen LogP contribution >= 0.6 is 0 Å². The highest BCUT2D eigenvalue weighted by Crippen LogP contribution is 2.28. The van der Waals surface area contributed by atoms with E-state index in [0.717, 1.165) is 13.1 Å². The second-order valence-electron chi connectivity index (χ2n) is 5.81. The number of rotatable bonds is 7. The summed E-state index contributed by atoms with van der Waals surface area (Å²) in [6.07, 6.45) is 3.63. The van der Waals surface area contributed by atoms with Gasteiger partial charge in [-0.1, -0.05) is 6.42 Å². The Morgan fingerprint density at radius 1 is 1.17 bits per heavy atom. The fraction of sp³-hybridized carbons (Fsp3) is 0.625. The molecular weight excluding hydrogens is 316 g/mol. The third-order valence-corrected chi connectivity index (χ3v) is 5.71. The minimum atomic E-state index is -3.62. The van der Waals surface area contributed by atoms with Crippen molar-refractivity contribution in [2.24, 2.45) is 0 Å². The van der Waals surface area contributed by atoms with E-state index in [-0.39, 0.29) is 16.7 Å². The zero-order chi connectivity index (χ0) is 16.9. The highest BCUT2D eigenvalue weighted by molar-refractivity contribution is 7.89. The van der Waals surface area contributed by atoms with Gasteiger partial charge in [0.2, 0.25) is 10.0 Å². The molecule has 1 fully saturated rings. The second-order valence-corrected chi connectivity index (χ2v) is 7.55. The SMILES string of the molecule is COc1ccc(S(=O)(=O)NCC(C)N2CCCCC2)c(OC)c1. The predicted octanol–water partition coefficient (Wildman–Crippen LogP) is 1.86. The first-order valence-electron chi connectivity index (χ1n) is 7.93. The number of hydrogen-bond donors (Lipinski definition) is 1. The predicted molar refractivity (Wildman–Crippen MR) is 89.6 cm³/mol. The van der Waals surface area contributed by atoms with Crippen molar-refractivity contribution in [1.29, 1.82) is 0 Å². The Balaban J connectivity index is 2.06. The number of benzene rings is 1. The number of sulfonamides is 1. The molecule has 6 nitrogen and oxygen atoms in total. The summed E-state index contributed by atoms with van der Waals surface area (Å²) in [6, 6.07) is 4.87. The van der Waals surface area contributed by atoms with Crippen molar-refractivity contribution in [2.75, 3.05) is 33.9 Å². The van der Waals surface area contributed by atoms with Crippen LogP contribution in [0.1, 0.15) is 26.2 Å². The van der Waals surface area contributed by atoms with Crippen LogP contribution in [0.25, 0.3) is 0 Å². The molecule has 0 aromatic heterocycles. The molecule has 1 aromatic carbocycles. The van der Waals surface area contributed by atoms with Gasteiger partial charge in [-0.25, -0.2) is 13.1 Å². The number of nitrogens with one attached hydrogen (secondary N) is 1. The molecule has 0 spiro atoms. The molecule has 1 aliphatic heterocycles. The highest BCUT2D eigenvalue weighted by Gasteiger charge is 2.23. The molecule has 1 atom stereocenters.